The van der Waals surface area contributed by atoms with Crippen molar-refractivity contribution in [2.45, 2.75) is 31.7 Å². The second kappa shape index (κ2) is 3.86. The lowest BCUT2D eigenvalue weighted by molar-refractivity contribution is 0.246. The number of rotatable bonds is 3. The highest BCUT2D eigenvalue weighted by Gasteiger charge is 2.39. The zero-order valence-electron chi connectivity index (χ0n) is 9.66. The quantitative estimate of drug-likeness (QED) is 0.818. The molecule has 2 nitrogen and oxygen atoms in total. The fourth-order valence-electron chi connectivity index (χ4n) is 2.46. The molecule has 0 spiro atoms. The highest BCUT2D eigenvalue weighted by atomic mass is 15.2. The number of likely N-dealkylation sites (N-methyl/N-ethyl adjacent to an activating group) is 1. The molecule has 2 N–H and O–H groups in total. The molecule has 1 aromatic rings. The van der Waals surface area contributed by atoms with Crippen LogP contribution in [0.5, 0.6) is 0 Å². The van der Waals surface area contributed by atoms with Crippen LogP contribution < -0.4 is 10.6 Å². The van der Waals surface area contributed by atoms with Crippen molar-refractivity contribution in [2.75, 3.05) is 18.5 Å². The maximum atomic E-state index is 5.92. The van der Waals surface area contributed by atoms with Crippen LogP contribution in [0.3, 0.4) is 0 Å². The van der Waals surface area contributed by atoms with E-state index in [1.54, 1.807) is 0 Å². The van der Waals surface area contributed by atoms with Gasteiger partial charge in [0.2, 0.25) is 0 Å². The van der Waals surface area contributed by atoms with Crippen LogP contribution in [0.25, 0.3) is 0 Å². The van der Waals surface area contributed by atoms with Crippen LogP contribution in [-0.4, -0.2) is 19.1 Å². The van der Waals surface area contributed by atoms with Gasteiger partial charge in [0.15, 0.2) is 0 Å². The lowest BCUT2D eigenvalue weighted by atomic mass is 9.75. The van der Waals surface area contributed by atoms with Crippen molar-refractivity contribution in [3.8, 4) is 0 Å². The Labute approximate surface area is 92.1 Å². The number of anilines is 1. The molecule has 0 aliphatic heterocycles. The summed E-state index contributed by atoms with van der Waals surface area (Å²) in [6.45, 7) is 2.92. The van der Waals surface area contributed by atoms with E-state index < -0.39 is 0 Å². The third kappa shape index (κ3) is 1.63. The summed E-state index contributed by atoms with van der Waals surface area (Å²) in [5, 5.41) is 0. The van der Waals surface area contributed by atoms with Crippen molar-refractivity contribution in [2.24, 2.45) is 5.73 Å². The average molecular weight is 204 g/mol. The normalized spacial score (nSPS) is 18.3. The standard InChI is InChI=1S/C13H20N2/c1-11-6-3-4-7-12(11)15(2)13(10-14)8-5-9-13/h3-4,6-7H,5,8-10,14H2,1-2H3. The summed E-state index contributed by atoms with van der Waals surface area (Å²) in [6.07, 6.45) is 3.77. The van der Waals surface area contributed by atoms with E-state index in [2.05, 4.69) is 43.1 Å². The van der Waals surface area contributed by atoms with Crippen LogP contribution in [0, 0.1) is 6.92 Å². The van der Waals surface area contributed by atoms with E-state index in [1.807, 2.05) is 0 Å². The van der Waals surface area contributed by atoms with Gasteiger partial charge in [0.1, 0.15) is 0 Å². The molecule has 0 amide bonds. The first-order valence-electron chi connectivity index (χ1n) is 5.69. The molecule has 1 aromatic carbocycles. The van der Waals surface area contributed by atoms with Crippen molar-refractivity contribution in [1.82, 2.24) is 0 Å². The molecule has 1 saturated carbocycles. The van der Waals surface area contributed by atoms with Crippen LogP contribution in [0.4, 0.5) is 5.69 Å². The molecule has 0 saturated heterocycles. The summed E-state index contributed by atoms with van der Waals surface area (Å²) in [5.41, 5.74) is 8.80. The maximum Gasteiger partial charge on any atom is 0.0521 e. The zero-order chi connectivity index (χ0) is 10.9. The molecule has 1 aliphatic rings. The summed E-state index contributed by atoms with van der Waals surface area (Å²) in [6, 6.07) is 8.53. The number of aryl methyl sites for hydroxylation is 1. The third-order valence-electron chi connectivity index (χ3n) is 3.85. The Hall–Kier alpha value is -1.02. The van der Waals surface area contributed by atoms with Crippen molar-refractivity contribution >= 4 is 5.69 Å². The molecule has 1 aliphatic carbocycles. The second-order valence-electron chi connectivity index (χ2n) is 4.63. The number of hydrogen-bond donors (Lipinski definition) is 1. The van der Waals surface area contributed by atoms with E-state index in [1.165, 1.54) is 30.5 Å². The van der Waals surface area contributed by atoms with Crippen molar-refractivity contribution in [1.29, 1.82) is 0 Å². The first-order chi connectivity index (χ1) is 7.19. The van der Waals surface area contributed by atoms with Gasteiger partial charge in [-0.05, 0) is 37.8 Å². The fraction of sp³-hybridized carbons (Fsp3) is 0.538. The van der Waals surface area contributed by atoms with Gasteiger partial charge in [0.25, 0.3) is 0 Å². The SMILES string of the molecule is Cc1ccccc1N(C)C1(CN)CCC1. The number of benzene rings is 1. The molecule has 2 rings (SSSR count). The predicted molar refractivity (Wildman–Crippen MR) is 65.2 cm³/mol. The first-order valence-corrected chi connectivity index (χ1v) is 5.69. The Morgan fingerprint density at radius 1 is 1.33 bits per heavy atom. The van der Waals surface area contributed by atoms with Gasteiger partial charge in [-0.15, -0.1) is 0 Å². The van der Waals surface area contributed by atoms with E-state index in [0.29, 0.717) is 0 Å². The topological polar surface area (TPSA) is 29.3 Å². The highest BCUT2D eigenvalue weighted by Crippen LogP contribution is 2.39. The molecule has 0 atom stereocenters. The van der Waals surface area contributed by atoms with Crippen molar-refractivity contribution < 1.29 is 0 Å². The number of nitrogens with two attached hydrogens (primary N) is 1. The third-order valence-corrected chi connectivity index (χ3v) is 3.85. The van der Waals surface area contributed by atoms with E-state index >= 15 is 0 Å². The van der Waals surface area contributed by atoms with Gasteiger partial charge in [0, 0.05) is 19.3 Å². The minimum atomic E-state index is 0.228. The Kier molecular flexibility index (Phi) is 2.70. The zero-order valence-corrected chi connectivity index (χ0v) is 9.66. The Bertz CT molecular complexity index is 337. The first kappa shape index (κ1) is 10.5. The van der Waals surface area contributed by atoms with E-state index in [0.717, 1.165) is 6.54 Å². The second-order valence-corrected chi connectivity index (χ2v) is 4.63. The minimum Gasteiger partial charge on any atom is -0.367 e. The summed E-state index contributed by atoms with van der Waals surface area (Å²) in [4.78, 5) is 2.38. The van der Waals surface area contributed by atoms with Gasteiger partial charge in [0.05, 0.1) is 5.54 Å². The monoisotopic (exact) mass is 204 g/mol. The van der Waals surface area contributed by atoms with Crippen molar-refractivity contribution in [3.63, 3.8) is 0 Å². The van der Waals surface area contributed by atoms with Gasteiger partial charge in [-0.25, -0.2) is 0 Å². The molecule has 1 fully saturated rings. The fourth-order valence-corrected chi connectivity index (χ4v) is 2.46. The Morgan fingerprint density at radius 2 is 2.00 bits per heavy atom. The van der Waals surface area contributed by atoms with Crippen LogP contribution in [0.2, 0.25) is 0 Å². The van der Waals surface area contributed by atoms with E-state index in [-0.39, 0.29) is 5.54 Å². The van der Waals surface area contributed by atoms with Crippen LogP contribution in [0.15, 0.2) is 24.3 Å². The maximum absolute atomic E-state index is 5.92. The summed E-state index contributed by atoms with van der Waals surface area (Å²) >= 11 is 0. The smallest absolute Gasteiger partial charge is 0.0521 e. The summed E-state index contributed by atoms with van der Waals surface area (Å²) in [5.74, 6) is 0. The van der Waals surface area contributed by atoms with E-state index in [9.17, 15) is 0 Å². The molecule has 0 aromatic heterocycles. The van der Waals surface area contributed by atoms with Crippen LogP contribution in [-0.2, 0) is 0 Å². The van der Waals surface area contributed by atoms with Gasteiger partial charge in [-0.2, -0.15) is 0 Å². The summed E-state index contributed by atoms with van der Waals surface area (Å²) < 4.78 is 0. The van der Waals surface area contributed by atoms with Crippen LogP contribution >= 0.6 is 0 Å². The molecule has 0 bridgehead atoms. The van der Waals surface area contributed by atoms with E-state index in [4.69, 9.17) is 5.73 Å². The van der Waals surface area contributed by atoms with Crippen molar-refractivity contribution in [3.05, 3.63) is 29.8 Å². The highest BCUT2D eigenvalue weighted by molar-refractivity contribution is 5.55. The molecular formula is C13H20N2. The largest absolute Gasteiger partial charge is 0.367 e. The van der Waals surface area contributed by atoms with Gasteiger partial charge < -0.3 is 10.6 Å². The summed E-state index contributed by atoms with van der Waals surface area (Å²) in [7, 11) is 2.17. The molecular weight excluding hydrogens is 184 g/mol. The molecule has 0 heterocycles. The molecule has 2 heteroatoms. The molecule has 0 radical (unpaired) electrons. The molecule has 0 unspecified atom stereocenters. The minimum absolute atomic E-state index is 0.228. The van der Waals surface area contributed by atoms with Gasteiger partial charge in [-0.3, -0.25) is 0 Å². The number of para-hydroxylation sites is 1. The average Bonchev–Trinajstić information content (AvgIpc) is 2.17. The lowest BCUT2D eigenvalue weighted by Crippen LogP contribution is -2.57. The lowest BCUT2D eigenvalue weighted by Gasteiger charge is -2.49. The Balaban J connectivity index is 2.27. The molecule has 15 heavy (non-hydrogen) atoms. The number of hydrogen-bond acceptors (Lipinski definition) is 2. The molecule has 82 valence electrons. The van der Waals surface area contributed by atoms with Crippen LogP contribution in [0.1, 0.15) is 24.8 Å². The number of nitrogens with zero attached hydrogens (tertiary/aromatic N) is 1. The Morgan fingerprint density at radius 3 is 2.47 bits per heavy atom. The van der Waals surface area contributed by atoms with Gasteiger partial charge >= 0.3 is 0 Å². The predicted octanol–water partition coefficient (Wildman–Crippen LogP) is 2.31. The van der Waals surface area contributed by atoms with Gasteiger partial charge in [-0.1, -0.05) is 18.2 Å².